The molecule has 0 saturated carbocycles. The zero-order chi connectivity index (χ0) is 8.36. The molecule has 0 fully saturated rings. The molecular formula is C7H14O4. The lowest BCUT2D eigenvalue weighted by Gasteiger charge is -2.01. The first-order valence-corrected chi connectivity index (χ1v) is 3.62. The van der Waals surface area contributed by atoms with Gasteiger partial charge in [0.1, 0.15) is 0 Å². The fourth-order valence-electron chi connectivity index (χ4n) is 0.542. The Kier molecular flexibility index (Phi) is 8.87. The van der Waals surface area contributed by atoms with Crippen LogP contribution in [0.15, 0.2) is 0 Å². The number of ether oxygens (including phenoxy) is 3. The molecular weight excluding hydrogens is 148 g/mol. The summed E-state index contributed by atoms with van der Waals surface area (Å²) in [5, 5.41) is 0. The Balaban J connectivity index is 2.74. The zero-order valence-corrected chi connectivity index (χ0v) is 6.75. The van der Waals surface area contributed by atoms with E-state index in [4.69, 9.17) is 9.47 Å². The summed E-state index contributed by atoms with van der Waals surface area (Å²) in [4.78, 5) is 9.61. The molecule has 0 atom stereocenters. The molecule has 0 aliphatic rings. The molecule has 0 N–H and O–H groups in total. The molecule has 0 unspecified atom stereocenters. The Morgan fingerprint density at radius 1 is 1.27 bits per heavy atom. The van der Waals surface area contributed by atoms with E-state index >= 15 is 0 Å². The van der Waals surface area contributed by atoms with Crippen molar-refractivity contribution in [3.05, 3.63) is 0 Å². The molecule has 0 bridgehead atoms. The molecule has 0 aliphatic heterocycles. The van der Waals surface area contributed by atoms with E-state index in [0.717, 1.165) is 13.0 Å². The minimum Gasteiger partial charge on any atom is -0.441 e. The monoisotopic (exact) mass is 162 g/mol. The fraction of sp³-hybridized carbons (Fsp3) is 0.857. The van der Waals surface area contributed by atoms with Crippen LogP contribution >= 0.6 is 0 Å². The van der Waals surface area contributed by atoms with Gasteiger partial charge in [-0.25, -0.2) is 0 Å². The van der Waals surface area contributed by atoms with Gasteiger partial charge >= 0.3 is 0 Å². The highest BCUT2D eigenvalue weighted by Crippen LogP contribution is 1.84. The van der Waals surface area contributed by atoms with Crippen molar-refractivity contribution in [2.45, 2.75) is 13.3 Å². The van der Waals surface area contributed by atoms with Crippen LogP contribution in [-0.2, 0) is 19.0 Å². The van der Waals surface area contributed by atoms with Gasteiger partial charge in [0.15, 0.2) is 6.79 Å². The second-order valence-corrected chi connectivity index (χ2v) is 1.84. The third-order valence-corrected chi connectivity index (χ3v) is 1.00. The van der Waals surface area contributed by atoms with E-state index in [1.165, 1.54) is 0 Å². The van der Waals surface area contributed by atoms with Gasteiger partial charge in [0.2, 0.25) is 0 Å². The lowest BCUT2D eigenvalue weighted by Crippen LogP contribution is -2.03. The molecule has 0 aromatic carbocycles. The van der Waals surface area contributed by atoms with E-state index in [1.807, 2.05) is 6.92 Å². The smallest absolute Gasteiger partial charge is 0.295 e. The van der Waals surface area contributed by atoms with Crippen LogP contribution in [0.3, 0.4) is 0 Å². The Morgan fingerprint density at radius 3 is 2.64 bits per heavy atom. The first kappa shape index (κ1) is 10.4. The van der Waals surface area contributed by atoms with E-state index in [1.54, 1.807) is 0 Å². The molecule has 0 radical (unpaired) electrons. The highest BCUT2D eigenvalue weighted by atomic mass is 16.7. The summed E-state index contributed by atoms with van der Waals surface area (Å²) < 4.78 is 14.2. The van der Waals surface area contributed by atoms with Crippen molar-refractivity contribution >= 4 is 6.47 Å². The van der Waals surface area contributed by atoms with Gasteiger partial charge < -0.3 is 14.2 Å². The van der Waals surface area contributed by atoms with Gasteiger partial charge in [0.25, 0.3) is 6.47 Å². The van der Waals surface area contributed by atoms with Gasteiger partial charge in [-0.2, -0.15) is 0 Å². The van der Waals surface area contributed by atoms with Crippen LogP contribution in [0.1, 0.15) is 13.3 Å². The van der Waals surface area contributed by atoms with E-state index < -0.39 is 0 Å². The lowest BCUT2D eigenvalue weighted by molar-refractivity contribution is -0.140. The summed E-state index contributed by atoms with van der Waals surface area (Å²) in [6.07, 6.45) is 0.829. The second kappa shape index (κ2) is 9.39. The van der Waals surface area contributed by atoms with E-state index in [2.05, 4.69) is 4.74 Å². The third-order valence-electron chi connectivity index (χ3n) is 1.00. The topological polar surface area (TPSA) is 44.8 Å². The normalized spacial score (nSPS) is 9.55. The molecule has 0 aliphatic carbocycles. The number of hydrogen-bond acceptors (Lipinski definition) is 4. The van der Waals surface area contributed by atoms with Crippen LogP contribution in [0.5, 0.6) is 0 Å². The largest absolute Gasteiger partial charge is 0.441 e. The Bertz CT molecular complexity index is 84.5. The number of carbonyl (C=O) groups excluding carboxylic acids is 1. The molecule has 11 heavy (non-hydrogen) atoms. The Morgan fingerprint density at radius 2 is 2.00 bits per heavy atom. The first-order chi connectivity index (χ1) is 5.41. The minimum atomic E-state index is 0.0373. The summed E-state index contributed by atoms with van der Waals surface area (Å²) in [5.41, 5.74) is 0. The maximum Gasteiger partial charge on any atom is 0.295 e. The molecule has 0 saturated heterocycles. The van der Waals surface area contributed by atoms with E-state index in [-0.39, 0.29) is 6.79 Å². The molecule has 0 rings (SSSR count). The highest BCUT2D eigenvalue weighted by molar-refractivity contribution is 5.36. The SMILES string of the molecule is CCOCCCOCOC=O. The highest BCUT2D eigenvalue weighted by Gasteiger charge is 1.87. The predicted molar refractivity (Wildman–Crippen MR) is 39.1 cm³/mol. The predicted octanol–water partition coefficient (Wildman–Crippen LogP) is 0.560. The van der Waals surface area contributed by atoms with Gasteiger partial charge in [0.05, 0.1) is 6.61 Å². The van der Waals surface area contributed by atoms with Crippen LogP contribution in [0, 0.1) is 0 Å². The molecule has 0 aromatic heterocycles. The van der Waals surface area contributed by atoms with Crippen LogP contribution in [0.2, 0.25) is 0 Å². The van der Waals surface area contributed by atoms with Crippen LogP contribution in [0.4, 0.5) is 0 Å². The van der Waals surface area contributed by atoms with Crippen LogP contribution in [0.25, 0.3) is 0 Å². The Labute approximate surface area is 66.4 Å². The van der Waals surface area contributed by atoms with Crippen molar-refractivity contribution < 1.29 is 19.0 Å². The van der Waals surface area contributed by atoms with E-state index in [9.17, 15) is 4.79 Å². The maximum atomic E-state index is 9.61. The molecule has 0 aromatic rings. The average molecular weight is 162 g/mol. The van der Waals surface area contributed by atoms with Crippen molar-refractivity contribution in [3.63, 3.8) is 0 Å². The molecule has 4 heteroatoms. The van der Waals surface area contributed by atoms with Gasteiger partial charge in [-0.1, -0.05) is 0 Å². The van der Waals surface area contributed by atoms with Crippen molar-refractivity contribution in [2.75, 3.05) is 26.6 Å². The summed E-state index contributed by atoms with van der Waals surface area (Å²) in [6, 6.07) is 0. The standard InChI is InChI=1S/C7H14O4/c1-2-9-4-3-5-10-7-11-6-8/h6H,2-5,7H2,1H3. The second-order valence-electron chi connectivity index (χ2n) is 1.84. The molecule has 0 spiro atoms. The van der Waals surface area contributed by atoms with Gasteiger partial charge in [0, 0.05) is 13.2 Å². The van der Waals surface area contributed by atoms with E-state index in [0.29, 0.717) is 19.7 Å². The van der Waals surface area contributed by atoms with Crippen LogP contribution in [-0.4, -0.2) is 33.1 Å². The maximum absolute atomic E-state index is 9.61. The van der Waals surface area contributed by atoms with Crippen molar-refractivity contribution in [2.24, 2.45) is 0 Å². The van der Waals surface area contributed by atoms with Crippen molar-refractivity contribution in [1.82, 2.24) is 0 Å². The molecule has 66 valence electrons. The summed E-state index contributed by atoms with van der Waals surface area (Å²) >= 11 is 0. The van der Waals surface area contributed by atoms with Crippen LogP contribution < -0.4 is 0 Å². The zero-order valence-electron chi connectivity index (χ0n) is 6.75. The fourth-order valence-corrected chi connectivity index (χ4v) is 0.542. The van der Waals surface area contributed by atoms with Crippen molar-refractivity contribution in [1.29, 1.82) is 0 Å². The first-order valence-electron chi connectivity index (χ1n) is 3.62. The quantitative estimate of drug-likeness (QED) is 0.297. The average Bonchev–Trinajstić information content (AvgIpc) is 2.03. The van der Waals surface area contributed by atoms with Crippen molar-refractivity contribution in [3.8, 4) is 0 Å². The number of rotatable bonds is 8. The summed E-state index contributed by atoms with van der Waals surface area (Å²) in [6.45, 7) is 4.32. The molecule has 4 nitrogen and oxygen atoms in total. The summed E-state index contributed by atoms with van der Waals surface area (Å²) in [5.74, 6) is 0. The van der Waals surface area contributed by atoms with Gasteiger partial charge in [-0.05, 0) is 13.3 Å². The number of hydrogen-bond donors (Lipinski definition) is 0. The Hall–Kier alpha value is -0.610. The number of carbonyl (C=O) groups is 1. The minimum absolute atomic E-state index is 0.0373. The lowest BCUT2D eigenvalue weighted by atomic mass is 10.5. The third kappa shape index (κ3) is 9.39. The molecule has 0 amide bonds. The van der Waals surface area contributed by atoms with Gasteiger partial charge in [-0.3, -0.25) is 4.79 Å². The molecule has 0 heterocycles. The van der Waals surface area contributed by atoms with Gasteiger partial charge in [-0.15, -0.1) is 0 Å². The summed E-state index contributed by atoms with van der Waals surface area (Å²) in [7, 11) is 0.